The number of benzene rings is 1. The Bertz CT molecular complexity index is 658. The summed E-state index contributed by atoms with van der Waals surface area (Å²) in [7, 11) is 0. The molecule has 0 bridgehead atoms. The number of halogens is 1. The second kappa shape index (κ2) is 5.23. The first kappa shape index (κ1) is 12.6. The van der Waals surface area contributed by atoms with Crippen molar-refractivity contribution in [3.63, 3.8) is 0 Å². The summed E-state index contributed by atoms with van der Waals surface area (Å²) >= 11 is 0. The van der Waals surface area contributed by atoms with Gasteiger partial charge >= 0.3 is 5.97 Å². The van der Waals surface area contributed by atoms with Crippen LogP contribution in [0.1, 0.15) is 21.7 Å². The van der Waals surface area contributed by atoms with Gasteiger partial charge in [-0.05, 0) is 24.3 Å². The van der Waals surface area contributed by atoms with Gasteiger partial charge in [0, 0.05) is 12.1 Å². The molecule has 0 amide bonds. The standard InChI is InChI=1S/C13H9FN2O3/c14-10-5-8(6-15)1-2-11(10)16-7-9-3-4-19-12(9)13(17)18/h1-5,16H,7H2,(H,17,18). The van der Waals surface area contributed by atoms with Crippen molar-refractivity contribution < 1.29 is 18.7 Å². The van der Waals surface area contributed by atoms with Crippen LogP contribution in [0.4, 0.5) is 10.1 Å². The van der Waals surface area contributed by atoms with E-state index in [1.165, 1.54) is 24.5 Å². The third-order valence-electron chi connectivity index (χ3n) is 2.51. The minimum absolute atomic E-state index is 0.112. The van der Waals surface area contributed by atoms with Crippen LogP contribution in [0.25, 0.3) is 0 Å². The Kier molecular flexibility index (Phi) is 3.48. The summed E-state index contributed by atoms with van der Waals surface area (Å²) in [6.45, 7) is 0.112. The normalized spacial score (nSPS) is 9.89. The van der Waals surface area contributed by atoms with Gasteiger partial charge in [-0.2, -0.15) is 5.26 Å². The summed E-state index contributed by atoms with van der Waals surface area (Å²) in [5.41, 5.74) is 0.824. The number of carboxylic acid groups (broad SMARTS) is 1. The van der Waals surface area contributed by atoms with Gasteiger partial charge in [0.15, 0.2) is 0 Å². The molecule has 0 aliphatic heterocycles. The summed E-state index contributed by atoms with van der Waals surface area (Å²) in [4.78, 5) is 10.8. The molecule has 1 aromatic carbocycles. The molecule has 0 unspecified atom stereocenters. The van der Waals surface area contributed by atoms with E-state index in [1.807, 2.05) is 6.07 Å². The van der Waals surface area contributed by atoms with Crippen molar-refractivity contribution in [2.75, 3.05) is 5.32 Å². The molecular formula is C13H9FN2O3. The van der Waals surface area contributed by atoms with Gasteiger partial charge in [0.25, 0.3) is 0 Å². The van der Waals surface area contributed by atoms with E-state index in [4.69, 9.17) is 14.8 Å². The van der Waals surface area contributed by atoms with Crippen LogP contribution in [0.5, 0.6) is 0 Å². The second-order valence-electron chi connectivity index (χ2n) is 3.74. The number of hydrogen-bond donors (Lipinski definition) is 2. The molecule has 1 aromatic heterocycles. The number of nitrogens with one attached hydrogen (secondary N) is 1. The van der Waals surface area contributed by atoms with Crippen molar-refractivity contribution in [1.29, 1.82) is 5.26 Å². The first-order valence-corrected chi connectivity index (χ1v) is 5.35. The van der Waals surface area contributed by atoms with Gasteiger partial charge in [0.2, 0.25) is 5.76 Å². The molecule has 0 atom stereocenters. The predicted octanol–water partition coefficient (Wildman–Crippen LogP) is 2.60. The lowest BCUT2D eigenvalue weighted by atomic mass is 10.2. The van der Waals surface area contributed by atoms with E-state index in [1.54, 1.807) is 0 Å². The summed E-state index contributed by atoms with van der Waals surface area (Å²) < 4.78 is 18.4. The lowest BCUT2D eigenvalue weighted by Crippen LogP contribution is -2.05. The molecule has 0 radical (unpaired) electrons. The first-order chi connectivity index (χ1) is 9.11. The Morgan fingerprint density at radius 3 is 2.89 bits per heavy atom. The Balaban J connectivity index is 2.13. The van der Waals surface area contributed by atoms with Gasteiger partial charge in [-0.25, -0.2) is 9.18 Å². The van der Waals surface area contributed by atoms with E-state index in [9.17, 15) is 9.18 Å². The third kappa shape index (κ3) is 2.72. The smallest absolute Gasteiger partial charge is 0.372 e. The molecule has 5 nitrogen and oxygen atoms in total. The van der Waals surface area contributed by atoms with Gasteiger partial charge in [-0.1, -0.05) is 0 Å². The number of aromatic carboxylic acids is 1. The highest BCUT2D eigenvalue weighted by atomic mass is 19.1. The second-order valence-corrected chi connectivity index (χ2v) is 3.74. The van der Waals surface area contributed by atoms with Crippen LogP contribution in [-0.4, -0.2) is 11.1 Å². The molecule has 2 rings (SSSR count). The zero-order chi connectivity index (χ0) is 13.8. The zero-order valence-electron chi connectivity index (χ0n) is 9.68. The molecular weight excluding hydrogens is 251 g/mol. The third-order valence-corrected chi connectivity index (χ3v) is 2.51. The lowest BCUT2D eigenvalue weighted by molar-refractivity contribution is 0.0661. The van der Waals surface area contributed by atoms with Crippen LogP contribution in [-0.2, 0) is 6.54 Å². The van der Waals surface area contributed by atoms with Crippen molar-refractivity contribution >= 4 is 11.7 Å². The number of anilines is 1. The maximum absolute atomic E-state index is 13.6. The molecule has 0 aliphatic rings. The molecule has 2 aromatic rings. The molecule has 0 aliphatic carbocycles. The van der Waals surface area contributed by atoms with E-state index in [0.717, 1.165) is 6.07 Å². The molecule has 0 saturated carbocycles. The maximum atomic E-state index is 13.6. The Morgan fingerprint density at radius 1 is 1.47 bits per heavy atom. The molecule has 0 spiro atoms. The lowest BCUT2D eigenvalue weighted by Gasteiger charge is -2.06. The van der Waals surface area contributed by atoms with E-state index < -0.39 is 11.8 Å². The van der Waals surface area contributed by atoms with Gasteiger partial charge < -0.3 is 14.8 Å². The van der Waals surface area contributed by atoms with Crippen LogP contribution in [0, 0.1) is 17.1 Å². The van der Waals surface area contributed by atoms with Crippen molar-refractivity contribution in [1.82, 2.24) is 0 Å². The van der Waals surface area contributed by atoms with E-state index in [0.29, 0.717) is 5.56 Å². The van der Waals surface area contributed by atoms with Crippen LogP contribution < -0.4 is 5.32 Å². The highest BCUT2D eigenvalue weighted by Crippen LogP contribution is 2.18. The number of carboxylic acids is 1. The van der Waals surface area contributed by atoms with Crippen molar-refractivity contribution in [3.8, 4) is 6.07 Å². The van der Waals surface area contributed by atoms with Crippen molar-refractivity contribution in [3.05, 3.63) is 53.2 Å². The Hall–Kier alpha value is -2.81. The van der Waals surface area contributed by atoms with E-state index in [-0.39, 0.29) is 23.6 Å². The van der Waals surface area contributed by atoms with Crippen LogP contribution in [0.15, 0.2) is 34.9 Å². The van der Waals surface area contributed by atoms with Gasteiger partial charge in [-0.3, -0.25) is 0 Å². The molecule has 6 heteroatoms. The highest BCUT2D eigenvalue weighted by molar-refractivity contribution is 5.86. The van der Waals surface area contributed by atoms with Crippen LogP contribution >= 0.6 is 0 Å². The number of nitrogens with zero attached hydrogens (tertiary/aromatic N) is 1. The first-order valence-electron chi connectivity index (χ1n) is 5.35. The SMILES string of the molecule is N#Cc1ccc(NCc2ccoc2C(=O)O)c(F)c1. The quantitative estimate of drug-likeness (QED) is 0.882. The summed E-state index contributed by atoms with van der Waals surface area (Å²) in [6.07, 6.45) is 1.26. The number of rotatable bonds is 4. The average Bonchev–Trinajstić information content (AvgIpc) is 2.85. The number of carbonyl (C=O) groups is 1. The molecule has 96 valence electrons. The predicted molar refractivity (Wildman–Crippen MR) is 64.1 cm³/mol. The van der Waals surface area contributed by atoms with Gasteiger partial charge in [0.05, 0.1) is 23.6 Å². The monoisotopic (exact) mass is 260 g/mol. The fourth-order valence-electron chi connectivity index (χ4n) is 1.58. The number of nitriles is 1. The van der Waals surface area contributed by atoms with E-state index in [2.05, 4.69) is 5.32 Å². The van der Waals surface area contributed by atoms with Crippen molar-refractivity contribution in [2.24, 2.45) is 0 Å². The maximum Gasteiger partial charge on any atom is 0.372 e. The Morgan fingerprint density at radius 2 is 2.26 bits per heavy atom. The van der Waals surface area contributed by atoms with Gasteiger partial charge in [0.1, 0.15) is 5.82 Å². The minimum atomic E-state index is -1.18. The largest absolute Gasteiger partial charge is 0.475 e. The van der Waals surface area contributed by atoms with E-state index >= 15 is 0 Å². The summed E-state index contributed by atoms with van der Waals surface area (Å²) in [6, 6.07) is 7.33. The van der Waals surface area contributed by atoms with Crippen molar-refractivity contribution in [2.45, 2.75) is 6.54 Å². The molecule has 1 heterocycles. The topological polar surface area (TPSA) is 86.3 Å². The average molecular weight is 260 g/mol. The number of furan rings is 1. The fraction of sp³-hybridized carbons (Fsp3) is 0.0769. The fourth-order valence-corrected chi connectivity index (χ4v) is 1.58. The zero-order valence-corrected chi connectivity index (χ0v) is 9.68. The molecule has 0 saturated heterocycles. The van der Waals surface area contributed by atoms with Gasteiger partial charge in [-0.15, -0.1) is 0 Å². The summed E-state index contributed by atoms with van der Waals surface area (Å²) in [5.74, 6) is -1.93. The Labute approximate surface area is 107 Å². The van der Waals surface area contributed by atoms with Crippen LogP contribution in [0.2, 0.25) is 0 Å². The number of hydrogen-bond acceptors (Lipinski definition) is 4. The minimum Gasteiger partial charge on any atom is -0.475 e. The van der Waals surface area contributed by atoms with Crippen LogP contribution in [0.3, 0.4) is 0 Å². The molecule has 19 heavy (non-hydrogen) atoms. The summed E-state index contributed by atoms with van der Waals surface area (Å²) in [5, 5.41) is 20.2. The molecule has 2 N–H and O–H groups in total. The highest BCUT2D eigenvalue weighted by Gasteiger charge is 2.14. The molecule has 0 fully saturated rings.